The number of anilines is 2. The Morgan fingerprint density at radius 1 is 1.02 bits per heavy atom. The van der Waals surface area contributed by atoms with Crippen molar-refractivity contribution in [3.05, 3.63) is 66.5 Å². The summed E-state index contributed by atoms with van der Waals surface area (Å²) in [7, 11) is -0.775. The van der Waals surface area contributed by atoms with Crippen LogP contribution >= 0.6 is 0 Å². The number of likely N-dealkylation sites (tertiary alicyclic amines) is 1. The lowest BCUT2D eigenvalue weighted by molar-refractivity contribution is 0.0206. The predicted octanol–water partition coefficient (Wildman–Crippen LogP) is 5.82. The van der Waals surface area contributed by atoms with E-state index < -0.39 is 15.8 Å². The number of benzene rings is 2. The number of piperidine rings is 1. The van der Waals surface area contributed by atoms with Crippen molar-refractivity contribution >= 4 is 38.7 Å². The molecular formula is C32H39N7O5S. The zero-order valence-corrected chi connectivity index (χ0v) is 27.2. The van der Waals surface area contributed by atoms with Gasteiger partial charge in [-0.15, -0.1) is 0 Å². The number of nitrogens with zero attached hydrogens (tertiary/aromatic N) is 5. The van der Waals surface area contributed by atoms with Gasteiger partial charge in [0.2, 0.25) is 11.8 Å². The van der Waals surface area contributed by atoms with E-state index in [2.05, 4.69) is 20.0 Å². The molecule has 12 nitrogen and oxygen atoms in total. The van der Waals surface area contributed by atoms with Gasteiger partial charge in [-0.1, -0.05) is 24.3 Å². The Hall–Kier alpha value is -4.49. The molecule has 5 rings (SSSR count). The van der Waals surface area contributed by atoms with Gasteiger partial charge in [0, 0.05) is 56.4 Å². The number of hydrogen-bond donors (Lipinski definition) is 2. The van der Waals surface area contributed by atoms with E-state index >= 15 is 0 Å². The minimum absolute atomic E-state index is 0.0383. The Morgan fingerprint density at radius 2 is 1.82 bits per heavy atom. The van der Waals surface area contributed by atoms with Crippen molar-refractivity contribution in [2.45, 2.75) is 52.2 Å². The topological polar surface area (TPSA) is 139 Å². The van der Waals surface area contributed by atoms with E-state index in [0.717, 1.165) is 28.1 Å². The molecule has 1 fully saturated rings. The lowest BCUT2D eigenvalue weighted by Crippen LogP contribution is -2.47. The van der Waals surface area contributed by atoms with Gasteiger partial charge in [-0.25, -0.2) is 19.7 Å². The first-order valence-electron chi connectivity index (χ1n) is 14.7. The van der Waals surface area contributed by atoms with Crippen LogP contribution in [0.15, 0.2) is 60.9 Å². The molecule has 4 aromatic rings. The maximum Gasteiger partial charge on any atom is 0.410 e. The molecule has 0 bridgehead atoms. The molecule has 0 aliphatic carbocycles. The van der Waals surface area contributed by atoms with E-state index in [4.69, 9.17) is 14.5 Å². The molecule has 1 aliphatic rings. The summed E-state index contributed by atoms with van der Waals surface area (Å²) in [6.45, 7) is 8.61. The largest absolute Gasteiger partial charge is 0.444 e. The number of carbonyl (C=O) groups is 1. The molecule has 1 saturated heterocycles. The van der Waals surface area contributed by atoms with Crippen LogP contribution in [0.5, 0.6) is 11.6 Å². The van der Waals surface area contributed by atoms with Crippen LogP contribution in [0.1, 0.15) is 39.2 Å². The van der Waals surface area contributed by atoms with Crippen molar-refractivity contribution in [2.75, 3.05) is 37.2 Å². The number of carbonyl (C=O) groups excluding carboxylic acids is 1. The summed E-state index contributed by atoms with van der Waals surface area (Å²) in [5.74, 6) is 1.32. The average Bonchev–Trinajstić information content (AvgIpc) is 2.98. The Morgan fingerprint density at radius 3 is 2.58 bits per heavy atom. The lowest BCUT2D eigenvalue weighted by Gasteiger charge is -2.34. The molecule has 13 heteroatoms. The first kappa shape index (κ1) is 31.9. The minimum Gasteiger partial charge on any atom is -0.444 e. The molecule has 0 saturated carbocycles. The number of ether oxygens (including phenoxy) is 2. The summed E-state index contributed by atoms with van der Waals surface area (Å²) in [6.07, 6.45) is 4.68. The number of aromatic nitrogens is 3. The molecule has 1 amide bonds. The summed E-state index contributed by atoms with van der Waals surface area (Å²) in [6, 6.07) is 14.5. The molecular weight excluding hydrogens is 594 g/mol. The highest BCUT2D eigenvalue weighted by Crippen LogP contribution is 2.39. The van der Waals surface area contributed by atoms with Crippen molar-refractivity contribution in [1.29, 1.82) is 0 Å². The molecule has 3 heterocycles. The molecule has 2 aromatic carbocycles. The molecule has 238 valence electrons. The van der Waals surface area contributed by atoms with Gasteiger partial charge in [0.1, 0.15) is 11.4 Å². The van der Waals surface area contributed by atoms with Crippen molar-refractivity contribution in [1.82, 2.24) is 24.2 Å². The number of pyridine rings is 1. The maximum atomic E-state index is 12.6. The van der Waals surface area contributed by atoms with Gasteiger partial charge in [0.15, 0.2) is 0 Å². The third-order valence-corrected chi connectivity index (χ3v) is 8.68. The van der Waals surface area contributed by atoms with E-state index in [9.17, 15) is 13.2 Å². The summed E-state index contributed by atoms with van der Waals surface area (Å²) >= 11 is 0. The van der Waals surface area contributed by atoms with Crippen molar-refractivity contribution in [3.63, 3.8) is 0 Å². The van der Waals surface area contributed by atoms with Crippen LogP contribution in [-0.2, 0) is 14.9 Å². The first-order valence-corrected chi connectivity index (χ1v) is 16.2. The fourth-order valence-corrected chi connectivity index (χ4v) is 5.64. The number of aryl methyl sites for hydroxylation is 1. The zero-order chi connectivity index (χ0) is 32.4. The third-order valence-electron chi connectivity index (χ3n) is 7.24. The number of nitrogens with one attached hydrogen (secondary N) is 2. The molecule has 45 heavy (non-hydrogen) atoms. The van der Waals surface area contributed by atoms with Crippen LogP contribution in [0.2, 0.25) is 0 Å². The van der Waals surface area contributed by atoms with Crippen LogP contribution in [0.25, 0.3) is 22.0 Å². The van der Waals surface area contributed by atoms with Crippen LogP contribution in [0, 0.1) is 6.92 Å². The van der Waals surface area contributed by atoms with Gasteiger partial charge >= 0.3 is 16.3 Å². The van der Waals surface area contributed by atoms with Crippen LogP contribution in [-0.4, -0.2) is 77.5 Å². The smallest absolute Gasteiger partial charge is 0.410 e. The molecule has 2 aromatic heterocycles. The highest BCUT2D eigenvalue weighted by atomic mass is 32.2. The Balaban J connectivity index is 1.40. The van der Waals surface area contributed by atoms with E-state index in [0.29, 0.717) is 53.0 Å². The molecule has 0 radical (unpaired) electrons. The summed E-state index contributed by atoms with van der Waals surface area (Å²) in [5.41, 5.74) is 1.99. The van der Waals surface area contributed by atoms with E-state index in [1.807, 2.05) is 52.0 Å². The number of hydrogen-bond acceptors (Lipinski definition) is 9. The van der Waals surface area contributed by atoms with Gasteiger partial charge in [-0.05, 0) is 70.4 Å². The molecule has 1 aliphatic heterocycles. The van der Waals surface area contributed by atoms with E-state index in [1.54, 1.807) is 41.6 Å². The second-order valence-corrected chi connectivity index (χ2v) is 14.0. The molecule has 0 unspecified atom stereocenters. The van der Waals surface area contributed by atoms with Crippen LogP contribution in [0.3, 0.4) is 0 Å². The Labute approximate surface area is 264 Å². The highest BCUT2D eigenvalue weighted by molar-refractivity contribution is 7.90. The average molecular weight is 634 g/mol. The summed E-state index contributed by atoms with van der Waals surface area (Å²) in [4.78, 5) is 28.1. The third kappa shape index (κ3) is 7.60. The Bertz CT molecular complexity index is 1810. The van der Waals surface area contributed by atoms with E-state index in [-0.39, 0.29) is 12.1 Å². The normalized spacial score (nSPS) is 15.6. The number of rotatable bonds is 8. The predicted molar refractivity (Wildman–Crippen MR) is 175 cm³/mol. The second kappa shape index (κ2) is 12.9. The highest BCUT2D eigenvalue weighted by Gasteiger charge is 2.28. The van der Waals surface area contributed by atoms with E-state index in [1.165, 1.54) is 14.1 Å². The van der Waals surface area contributed by atoms with Gasteiger partial charge in [-0.2, -0.15) is 12.7 Å². The van der Waals surface area contributed by atoms with Crippen molar-refractivity contribution in [2.24, 2.45) is 0 Å². The Kier molecular flexibility index (Phi) is 9.12. The standard InChI is InChI=1S/C32H39N7O5S/c1-21-14-15-23-24(11-7-13-27(23)37-45(41,42)38(5)6)28(21)43-29-25(12-8-17-33-29)26-16-18-34-30(36-26)35-22-10-9-19-39(20-22)31(40)44-32(2,3)4/h7-8,11-18,22,37H,9-10,19-20H2,1-6H3,(H,34,35,36)/t22-/m0/s1. The van der Waals surface area contributed by atoms with Crippen molar-refractivity contribution in [3.8, 4) is 22.9 Å². The fraction of sp³-hybridized carbons (Fsp3) is 0.375. The monoisotopic (exact) mass is 633 g/mol. The van der Waals surface area contributed by atoms with Crippen LogP contribution < -0.4 is 14.8 Å². The molecule has 1 atom stereocenters. The number of amides is 1. The molecule has 0 spiro atoms. The van der Waals surface area contributed by atoms with Gasteiger partial charge in [0.25, 0.3) is 0 Å². The quantitative estimate of drug-likeness (QED) is 0.246. The SMILES string of the molecule is Cc1ccc2c(NS(=O)(=O)N(C)C)cccc2c1Oc1ncccc1-c1ccnc(N[C@H]2CCCN(C(=O)OC(C)(C)C)C2)n1. The van der Waals surface area contributed by atoms with Gasteiger partial charge in [-0.3, -0.25) is 4.72 Å². The second-order valence-electron chi connectivity index (χ2n) is 12.1. The lowest BCUT2D eigenvalue weighted by atomic mass is 10.0. The van der Waals surface area contributed by atoms with Gasteiger partial charge in [0.05, 0.1) is 16.9 Å². The van der Waals surface area contributed by atoms with Crippen LogP contribution in [0.4, 0.5) is 16.4 Å². The fourth-order valence-electron chi connectivity index (χ4n) is 5.01. The maximum absolute atomic E-state index is 12.6. The summed E-state index contributed by atoms with van der Waals surface area (Å²) < 4.78 is 40.9. The molecule has 2 N–H and O–H groups in total. The number of fused-ring (bicyclic) bond motifs is 1. The van der Waals surface area contributed by atoms with Crippen molar-refractivity contribution < 1.29 is 22.7 Å². The minimum atomic E-state index is -3.71. The van der Waals surface area contributed by atoms with Gasteiger partial charge < -0.3 is 19.7 Å². The zero-order valence-electron chi connectivity index (χ0n) is 26.4. The summed E-state index contributed by atoms with van der Waals surface area (Å²) in [5, 5.41) is 4.79. The first-order chi connectivity index (χ1) is 21.3.